The van der Waals surface area contributed by atoms with Gasteiger partial charge >= 0.3 is 11.9 Å². The van der Waals surface area contributed by atoms with E-state index in [-0.39, 0.29) is 24.3 Å². The zero-order valence-electron chi connectivity index (χ0n) is 12.3. The molecule has 0 aromatic carbocycles. The Morgan fingerprint density at radius 1 is 1.45 bits per heavy atom. The molecule has 1 aliphatic heterocycles. The van der Waals surface area contributed by atoms with Crippen molar-refractivity contribution >= 4 is 17.8 Å². The monoisotopic (exact) mass is 310 g/mol. The molecule has 2 rings (SSSR count). The van der Waals surface area contributed by atoms with E-state index in [1.165, 1.54) is 0 Å². The molecule has 0 aliphatic carbocycles. The lowest BCUT2D eigenvalue weighted by molar-refractivity contribution is -0.402. The minimum atomic E-state index is -0.883. The maximum atomic E-state index is 12.1. The van der Waals surface area contributed by atoms with Crippen LogP contribution in [0.3, 0.4) is 0 Å². The molecule has 1 fully saturated rings. The third kappa shape index (κ3) is 3.63. The van der Waals surface area contributed by atoms with Crippen LogP contribution in [0.15, 0.2) is 16.5 Å². The number of carbonyl (C=O) groups excluding carboxylic acids is 2. The molecule has 1 saturated heterocycles. The first-order valence-electron chi connectivity index (χ1n) is 7.23. The van der Waals surface area contributed by atoms with Crippen molar-refractivity contribution in [1.82, 2.24) is 4.90 Å². The van der Waals surface area contributed by atoms with Gasteiger partial charge in [-0.15, -0.1) is 0 Å². The summed E-state index contributed by atoms with van der Waals surface area (Å²) in [4.78, 5) is 35.3. The zero-order chi connectivity index (χ0) is 16.1. The number of rotatable bonds is 5. The number of nitro groups is 1. The van der Waals surface area contributed by atoms with Crippen LogP contribution in [-0.4, -0.2) is 40.9 Å². The van der Waals surface area contributed by atoms with Gasteiger partial charge in [-0.2, -0.15) is 0 Å². The summed E-state index contributed by atoms with van der Waals surface area (Å²) in [5.74, 6) is -1.96. The molecule has 1 amide bonds. The van der Waals surface area contributed by atoms with E-state index in [1.54, 1.807) is 4.90 Å². The summed E-state index contributed by atoms with van der Waals surface area (Å²) in [7, 11) is 0. The third-order valence-corrected chi connectivity index (χ3v) is 3.72. The van der Waals surface area contributed by atoms with Crippen LogP contribution in [0.4, 0.5) is 5.88 Å². The highest BCUT2D eigenvalue weighted by atomic mass is 16.7. The zero-order valence-corrected chi connectivity index (χ0v) is 12.3. The Morgan fingerprint density at radius 2 is 2.23 bits per heavy atom. The molecule has 1 unspecified atom stereocenters. The standard InChI is InChI=1S/C14H18N2O6/c1-2-10-5-3-4-8-15(10)12(17)9-21-14(18)11-6-7-13(22-11)16(19)20/h6-7,10H,2-5,8-9H2,1H3. The topological polar surface area (TPSA) is 103 Å². The second-order valence-electron chi connectivity index (χ2n) is 5.12. The Bertz CT molecular complexity index is 567. The number of piperidine rings is 1. The molecule has 1 atom stereocenters. The van der Waals surface area contributed by atoms with Crippen LogP contribution < -0.4 is 0 Å². The van der Waals surface area contributed by atoms with Crippen molar-refractivity contribution in [3.05, 3.63) is 28.0 Å². The van der Waals surface area contributed by atoms with Crippen molar-refractivity contribution in [2.45, 2.75) is 38.6 Å². The average molecular weight is 310 g/mol. The number of esters is 1. The minimum Gasteiger partial charge on any atom is -0.450 e. The van der Waals surface area contributed by atoms with Crippen LogP contribution in [0.5, 0.6) is 0 Å². The molecular formula is C14H18N2O6. The molecule has 120 valence electrons. The summed E-state index contributed by atoms with van der Waals surface area (Å²) in [6, 6.07) is 2.40. The third-order valence-electron chi connectivity index (χ3n) is 3.72. The summed E-state index contributed by atoms with van der Waals surface area (Å²) in [5.41, 5.74) is 0. The van der Waals surface area contributed by atoms with Crippen molar-refractivity contribution in [1.29, 1.82) is 0 Å². The number of likely N-dealkylation sites (tertiary alicyclic amines) is 1. The summed E-state index contributed by atoms with van der Waals surface area (Å²) >= 11 is 0. The predicted molar refractivity (Wildman–Crippen MR) is 75.3 cm³/mol. The molecule has 2 heterocycles. The van der Waals surface area contributed by atoms with Gasteiger partial charge in [-0.05, 0) is 31.7 Å². The first kappa shape index (κ1) is 16.0. The van der Waals surface area contributed by atoms with E-state index >= 15 is 0 Å². The first-order chi connectivity index (χ1) is 10.5. The van der Waals surface area contributed by atoms with Gasteiger partial charge in [0, 0.05) is 12.6 Å². The van der Waals surface area contributed by atoms with Gasteiger partial charge in [0.1, 0.15) is 4.92 Å². The van der Waals surface area contributed by atoms with Gasteiger partial charge < -0.3 is 14.1 Å². The normalized spacial score (nSPS) is 18.0. The number of amides is 1. The van der Waals surface area contributed by atoms with Crippen molar-refractivity contribution < 1.29 is 23.7 Å². The average Bonchev–Trinajstić information content (AvgIpc) is 3.02. The smallest absolute Gasteiger partial charge is 0.433 e. The largest absolute Gasteiger partial charge is 0.450 e. The van der Waals surface area contributed by atoms with Gasteiger partial charge in [0.2, 0.25) is 5.76 Å². The van der Waals surface area contributed by atoms with Gasteiger partial charge in [0.15, 0.2) is 6.61 Å². The number of furan rings is 1. The van der Waals surface area contributed by atoms with Crippen LogP contribution >= 0.6 is 0 Å². The van der Waals surface area contributed by atoms with Crippen LogP contribution in [0.25, 0.3) is 0 Å². The summed E-state index contributed by atoms with van der Waals surface area (Å²) < 4.78 is 9.61. The molecular weight excluding hydrogens is 292 g/mol. The molecule has 8 heteroatoms. The van der Waals surface area contributed by atoms with E-state index in [1.807, 2.05) is 6.92 Å². The summed E-state index contributed by atoms with van der Waals surface area (Å²) in [6.45, 7) is 2.30. The maximum Gasteiger partial charge on any atom is 0.433 e. The highest BCUT2D eigenvalue weighted by Gasteiger charge is 2.26. The Morgan fingerprint density at radius 3 is 2.86 bits per heavy atom. The minimum absolute atomic E-state index is 0.185. The molecule has 0 radical (unpaired) electrons. The SMILES string of the molecule is CCC1CCCCN1C(=O)COC(=O)c1ccc([N+](=O)[O-])o1. The molecule has 1 aromatic rings. The first-order valence-corrected chi connectivity index (χ1v) is 7.23. The fourth-order valence-corrected chi connectivity index (χ4v) is 2.57. The van der Waals surface area contributed by atoms with Crippen molar-refractivity contribution in [3.8, 4) is 0 Å². The molecule has 0 N–H and O–H groups in total. The molecule has 8 nitrogen and oxygen atoms in total. The summed E-state index contributed by atoms with van der Waals surface area (Å²) in [6.07, 6.45) is 3.86. The van der Waals surface area contributed by atoms with E-state index < -0.39 is 16.8 Å². The van der Waals surface area contributed by atoms with Crippen molar-refractivity contribution in [2.75, 3.05) is 13.2 Å². The molecule has 1 aliphatic rings. The Balaban J connectivity index is 1.89. The van der Waals surface area contributed by atoms with Crippen LogP contribution in [0, 0.1) is 10.1 Å². The predicted octanol–water partition coefficient (Wildman–Crippen LogP) is 2.14. The highest BCUT2D eigenvalue weighted by molar-refractivity contribution is 5.89. The second kappa shape index (κ2) is 7.06. The van der Waals surface area contributed by atoms with E-state index in [0.717, 1.165) is 37.8 Å². The Labute approximate surface area is 127 Å². The van der Waals surface area contributed by atoms with Gasteiger partial charge in [0.25, 0.3) is 5.91 Å². The lowest BCUT2D eigenvalue weighted by atomic mass is 10.00. The maximum absolute atomic E-state index is 12.1. The number of hydrogen-bond acceptors (Lipinski definition) is 6. The van der Waals surface area contributed by atoms with Crippen LogP contribution in [0.1, 0.15) is 43.2 Å². The van der Waals surface area contributed by atoms with E-state index in [2.05, 4.69) is 0 Å². The van der Waals surface area contributed by atoms with Crippen LogP contribution in [0.2, 0.25) is 0 Å². The highest BCUT2D eigenvalue weighted by Crippen LogP contribution is 2.20. The van der Waals surface area contributed by atoms with Gasteiger partial charge in [-0.3, -0.25) is 14.9 Å². The molecule has 0 bridgehead atoms. The van der Waals surface area contributed by atoms with E-state index in [0.29, 0.717) is 6.54 Å². The van der Waals surface area contributed by atoms with Gasteiger partial charge in [-0.25, -0.2) is 4.79 Å². The number of hydrogen-bond donors (Lipinski definition) is 0. The lowest BCUT2D eigenvalue weighted by Crippen LogP contribution is -2.45. The van der Waals surface area contributed by atoms with Crippen molar-refractivity contribution in [2.24, 2.45) is 0 Å². The summed E-state index contributed by atoms with van der Waals surface area (Å²) in [5, 5.41) is 10.5. The van der Waals surface area contributed by atoms with E-state index in [4.69, 9.17) is 9.15 Å². The van der Waals surface area contributed by atoms with Gasteiger partial charge in [-0.1, -0.05) is 6.92 Å². The number of ether oxygens (including phenoxy) is 1. The Kier molecular flexibility index (Phi) is 5.13. The molecule has 0 saturated carbocycles. The molecule has 1 aromatic heterocycles. The number of nitrogens with zero attached hydrogens (tertiary/aromatic N) is 2. The Hall–Kier alpha value is -2.38. The van der Waals surface area contributed by atoms with E-state index in [9.17, 15) is 19.7 Å². The second-order valence-corrected chi connectivity index (χ2v) is 5.12. The number of carbonyl (C=O) groups is 2. The molecule has 0 spiro atoms. The molecule has 22 heavy (non-hydrogen) atoms. The van der Waals surface area contributed by atoms with Crippen LogP contribution in [-0.2, 0) is 9.53 Å². The van der Waals surface area contributed by atoms with Gasteiger partial charge in [0.05, 0.1) is 6.07 Å². The lowest BCUT2D eigenvalue weighted by Gasteiger charge is -2.35. The fraction of sp³-hybridized carbons (Fsp3) is 0.571. The fourth-order valence-electron chi connectivity index (χ4n) is 2.57. The van der Waals surface area contributed by atoms with Crippen molar-refractivity contribution in [3.63, 3.8) is 0 Å². The quantitative estimate of drug-likeness (QED) is 0.469.